The van der Waals surface area contributed by atoms with Crippen molar-refractivity contribution >= 4 is 43.7 Å². The highest BCUT2D eigenvalue weighted by Crippen LogP contribution is 2.41. The maximum absolute atomic E-state index is 6.60. The molecular weight excluding hydrogens is 613 g/mol. The lowest BCUT2D eigenvalue weighted by molar-refractivity contribution is 0.669. The van der Waals surface area contributed by atoms with E-state index in [1.54, 1.807) is 0 Å². The summed E-state index contributed by atoms with van der Waals surface area (Å²) in [4.78, 5) is 15.3. The van der Waals surface area contributed by atoms with Gasteiger partial charge in [-0.2, -0.15) is 0 Å². The first-order valence-electron chi connectivity index (χ1n) is 16.7. The number of hydrogen-bond donors (Lipinski definition) is 0. The topological polar surface area (TPSA) is 56.7 Å². The van der Waals surface area contributed by atoms with Gasteiger partial charge in [0, 0.05) is 43.9 Å². The molecule has 5 heteroatoms. The molecule has 3 heterocycles. The van der Waals surface area contributed by atoms with Gasteiger partial charge in [0.25, 0.3) is 0 Å². The summed E-state index contributed by atoms with van der Waals surface area (Å²) in [6.45, 7) is 0. The summed E-state index contributed by atoms with van der Waals surface area (Å²) < 4.78 is 8.93. The Hall–Kier alpha value is -6.85. The second kappa shape index (κ2) is 11.4. The van der Waals surface area contributed by atoms with Crippen molar-refractivity contribution in [2.75, 3.05) is 0 Å². The van der Waals surface area contributed by atoms with Crippen LogP contribution in [-0.4, -0.2) is 19.5 Å². The third-order valence-corrected chi connectivity index (χ3v) is 9.44. The molecule has 7 aromatic carbocycles. The first kappa shape index (κ1) is 28.2. The zero-order chi connectivity index (χ0) is 33.0. The van der Waals surface area contributed by atoms with Crippen LogP contribution in [0.1, 0.15) is 0 Å². The van der Waals surface area contributed by atoms with E-state index >= 15 is 0 Å². The summed E-state index contributed by atoms with van der Waals surface area (Å²) in [6.07, 6.45) is 0. The van der Waals surface area contributed by atoms with Crippen LogP contribution in [0.25, 0.3) is 94.7 Å². The van der Waals surface area contributed by atoms with Gasteiger partial charge in [0.1, 0.15) is 11.2 Å². The Bertz CT molecular complexity index is 2860. The first-order valence-corrected chi connectivity index (χ1v) is 16.7. The van der Waals surface area contributed by atoms with E-state index in [4.69, 9.17) is 19.4 Å². The number of hydrogen-bond acceptors (Lipinski definition) is 4. The van der Waals surface area contributed by atoms with E-state index in [0.29, 0.717) is 17.5 Å². The number of benzene rings is 7. The molecule has 0 saturated carbocycles. The minimum Gasteiger partial charge on any atom is -0.456 e. The molecule has 0 atom stereocenters. The summed E-state index contributed by atoms with van der Waals surface area (Å²) in [5.74, 6) is 1.83. The minimum absolute atomic E-state index is 0.593. The summed E-state index contributed by atoms with van der Waals surface area (Å²) in [5.41, 5.74) is 9.97. The van der Waals surface area contributed by atoms with E-state index in [0.717, 1.165) is 71.9 Å². The lowest BCUT2D eigenvalue weighted by Gasteiger charge is -2.10. The van der Waals surface area contributed by atoms with E-state index < -0.39 is 0 Å². The molecule has 0 amide bonds. The van der Waals surface area contributed by atoms with E-state index in [1.165, 1.54) is 5.39 Å². The fraction of sp³-hybridized carbons (Fsp3) is 0. The Morgan fingerprint density at radius 3 is 1.80 bits per heavy atom. The van der Waals surface area contributed by atoms with Crippen molar-refractivity contribution in [2.24, 2.45) is 0 Å². The van der Waals surface area contributed by atoms with Crippen LogP contribution in [0, 0.1) is 0 Å². The fourth-order valence-corrected chi connectivity index (χ4v) is 7.14. The molecule has 0 N–H and O–H groups in total. The largest absolute Gasteiger partial charge is 0.456 e. The minimum atomic E-state index is 0.593. The van der Waals surface area contributed by atoms with Crippen LogP contribution in [0.5, 0.6) is 0 Å². The van der Waals surface area contributed by atoms with Crippen LogP contribution in [0.3, 0.4) is 0 Å². The highest BCUT2D eigenvalue weighted by molar-refractivity contribution is 6.19. The van der Waals surface area contributed by atoms with Crippen LogP contribution in [-0.2, 0) is 0 Å². The van der Waals surface area contributed by atoms with Gasteiger partial charge in [-0.15, -0.1) is 0 Å². The number of para-hydroxylation sites is 2. The summed E-state index contributed by atoms with van der Waals surface area (Å²) >= 11 is 0. The van der Waals surface area contributed by atoms with Crippen LogP contribution in [0.15, 0.2) is 174 Å². The highest BCUT2D eigenvalue weighted by Gasteiger charge is 2.20. The van der Waals surface area contributed by atoms with E-state index in [2.05, 4.69) is 126 Å². The lowest BCUT2D eigenvalue weighted by atomic mass is 10.0. The average molecular weight is 641 g/mol. The highest BCUT2D eigenvalue weighted by atomic mass is 16.3. The van der Waals surface area contributed by atoms with Gasteiger partial charge in [0.15, 0.2) is 17.5 Å². The first-order chi connectivity index (χ1) is 24.8. The Labute approximate surface area is 287 Å². The Balaban J connectivity index is 1.23. The molecule has 0 spiro atoms. The summed E-state index contributed by atoms with van der Waals surface area (Å²) in [6, 6.07) is 58.5. The quantitative estimate of drug-likeness (QED) is 0.188. The number of furan rings is 1. The van der Waals surface area contributed by atoms with Crippen molar-refractivity contribution in [1.29, 1.82) is 0 Å². The molecule has 0 unspecified atom stereocenters. The predicted molar refractivity (Wildman–Crippen MR) is 203 cm³/mol. The zero-order valence-electron chi connectivity index (χ0n) is 26.9. The van der Waals surface area contributed by atoms with Crippen LogP contribution < -0.4 is 0 Å². The molecule has 50 heavy (non-hydrogen) atoms. The normalized spacial score (nSPS) is 11.6. The van der Waals surface area contributed by atoms with Gasteiger partial charge in [0.05, 0.1) is 11.0 Å². The van der Waals surface area contributed by atoms with Gasteiger partial charge >= 0.3 is 0 Å². The molecule has 0 aliphatic rings. The molecule has 3 aromatic heterocycles. The van der Waals surface area contributed by atoms with E-state index in [9.17, 15) is 0 Å². The Kier molecular flexibility index (Phi) is 6.42. The lowest BCUT2D eigenvalue weighted by Crippen LogP contribution is -2.00. The van der Waals surface area contributed by atoms with Crippen molar-refractivity contribution in [2.45, 2.75) is 0 Å². The maximum Gasteiger partial charge on any atom is 0.164 e. The van der Waals surface area contributed by atoms with Gasteiger partial charge in [0.2, 0.25) is 0 Å². The third-order valence-electron chi connectivity index (χ3n) is 9.44. The molecule has 0 saturated heterocycles. The maximum atomic E-state index is 6.60. The molecule has 0 bridgehead atoms. The third kappa shape index (κ3) is 4.60. The zero-order valence-corrected chi connectivity index (χ0v) is 26.9. The van der Waals surface area contributed by atoms with Crippen LogP contribution >= 0.6 is 0 Å². The fourth-order valence-electron chi connectivity index (χ4n) is 7.14. The second-order valence-electron chi connectivity index (χ2n) is 12.5. The van der Waals surface area contributed by atoms with Gasteiger partial charge in [-0.25, -0.2) is 15.0 Å². The predicted octanol–water partition coefficient (Wildman–Crippen LogP) is 11.5. The molecule has 10 rings (SSSR count). The molecule has 234 valence electrons. The van der Waals surface area contributed by atoms with Gasteiger partial charge < -0.3 is 8.98 Å². The molecular formula is C45H28N4O. The monoisotopic (exact) mass is 640 g/mol. The van der Waals surface area contributed by atoms with Crippen molar-refractivity contribution in [3.05, 3.63) is 170 Å². The second-order valence-corrected chi connectivity index (χ2v) is 12.5. The molecule has 10 aromatic rings. The van der Waals surface area contributed by atoms with Gasteiger partial charge in [-0.05, 0) is 53.6 Å². The molecule has 0 aliphatic carbocycles. The summed E-state index contributed by atoms with van der Waals surface area (Å²) in [7, 11) is 0. The number of nitrogens with zero attached hydrogens (tertiary/aromatic N) is 4. The summed E-state index contributed by atoms with van der Waals surface area (Å²) in [5, 5.41) is 4.31. The SMILES string of the molecule is c1ccc(-c2cccc(-c3nc(-c4ccccc4)nc(-c4cccc5oc6cc7c8ccccc8n(-c8ccccc8)c7cc6c45)n3)c2)cc1. The van der Waals surface area contributed by atoms with Crippen molar-refractivity contribution < 1.29 is 4.42 Å². The Morgan fingerprint density at radius 2 is 1.00 bits per heavy atom. The van der Waals surface area contributed by atoms with Gasteiger partial charge in [-0.1, -0.05) is 127 Å². The van der Waals surface area contributed by atoms with Crippen LogP contribution in [0.4, 0.5) is 0 Å². The molecule has 0 fully saturated rings. The number of aromatic nitrogens is 4. The standard InChI is InChI=1S/C45H28N4O/c1-4-14-29(15-5-1)31-18-12-19-32(26-31)44-46-43(30-16-6-2-7-17-30)47-45(48-44)35-23-13-25-40-42(35)37-27-39-36(28-41(37)50-40)34-22-10-11-24-38(34)49(39)33-20-8-3-9-21-33/h1-28H. The van der Waals surface area contributed by atoms with Crippen molar-refractivity contribution in [3.63, 3.8) is 0 Å². The number of fused-ring (bicyclic) bond motifs is 6. The molecule has 0 radical (unpaired) electrons. The molecule has 0 aliphatic heterocycles. The Morgan fingerprint density at radius 1 is 0.380 bits per heavy atom. The van der Waals surface area contributed by atoms with Crippen molar-refractivity contribution in [3.8, 4) is 51.0 Å². The van der Waals surface area contributed by atoms with Crippen LogP contribution in [0.2, 0.25) is 0 Å². The van der Waals surface area contributed by atoms with E-state index in [-0.39, 0.29) is 0 Å². The van der Waals surface area contributed by atoms with Gasteiger partial charge in [-0.3, -0.25) is 0 Å². The van der Waals surface area contributed by atoms with E-state index in [1.807, 2.05) is 48.5 Å². The smallest absolute Gasteiger partial charge is 0.164 e. The number of rotatable bonds is 5. The average Bonchev–Trinajstić information content (AvgIpc) is 3.72. The van der Waals surface area contributed by atoms with Crippen molar-refractivity contribution in [1.82, 2.24) is 19.5 Å². The molecule has 5 nitrogen and oxygen atoms in total.